The Labute approximate surface area is 129 Å². The maximum Gasteiger partial charge on any atom is 0.278 e. The molecule has 1 N–H and O–H groups in total. The fraction of sp³-hybridized carbons (Fsp3) is 0.562. The number of H-pyrrole nitrogens is 1. The maximum atomic E-state index is 12.6. The van der Waals surface area contributed by atoms with E-state index in [1.165, 1.54) is 4.52 Å². The summed E-state index contributed by atoms with van der Waals surface area (Å²) >= 11 is 0. The first-order chi connectivity index (χ1) is 10.3. The number of hydrogen-bond donors (Lipinski definition) is 1. The van der Waals surface area contributed by atoms with Gasteiger partial charge in [0.1, 0.15) is 5.69 Å². The van der Waals surface area contributed by atoms with Crippen LogP contribution in [0.3, 0.4) is 0 Å². The summed E-state index contributed by atoms with van der Waals surface area (Å²) in [5.74, 6) is -0.124. The molecule has 0 bridgehead atoms. The van der Waals surface area contributed by atoms with Crippen molar-refractivity contribution in [2.75, 3.05) is 6.54 Å². The summed E-state index contributed by atoms with van der Waals surface area (Å²) in [4.78, 5) is 31.2. The predicted octanol–water partition coefficient (Wildman–Crippen LogP) is 2.08. The molecule has 0 radical (unpaired) electrons. The lowest BCUT2D eigenvalue weighted by atomic mass is 9.93. The van der Waals surface area contributed by atoms with Gasteiger partial charge in [-0.3, -0.25) is 14.7 Å². The molecule has 1 amide bonds. The van der Waals surface area contributed by atoms with E-state index in [-0.39, 0.29) is 16.9 Å². The minimum absolute atomic E-state index is 0.109. The normalized spacial score (nSPS) is 14.9. The highest BCUT2D eigenvalue weighted by molar-refractivity contribution is 5.96. The molecule has 0 atom stereocenters. The summed E-state index contributed by atoms with van der Waals surface area (Å²) in [6, 6.07) is 1.85. The molecule has 1 aliphatic heterocycles. The first-order valence-corrected chi connectivity index (χ1v) is 7.77. The van der Waals surface area contributed by atoms with Gasteiger partial charge in [-0.1, -0.05) is 34.1 Å². The van der Waals surface area contributed by atoms with Gasteiger partial charge in [-0.15, -0.1) is 0 Å². The number of aromatic amines is 1. The fourth-order valence-corrected chi connectivity index (χ4v) is 2.70. The van der Waals surface area contributed by atoms with Gasteiger partial charge in [-0.2, -0.15) is 0 Å². The Morgan fingerprint density at radius 1 is 1.32 bits per heavy atom. The van der Waals surface area contributed by atoms with Crippen molar-refractivity contribution in [3.63, 3.8) is 0 Å². The number of carbonyl (C=O) groups excluding carboxylic acids is 1. The third-order valence-electron chi connectivity index (χ3n) is 4.14. The van der Waals surface area contributed by atoms with Crippen LogP contribution in [0, 0.1) is 0 Å². The Balaban J connectivity index is 2.08. The van der Waals surface area contributed by atoms with Crippen LogP contribution < -0.4 is 5.56 Å². The second-order valence-electron chi connectivity index (χ2n) is 6.94. The van der Waals surface area contributed by atoms with Crippen molar-refractivity contribution in [3.05, 3.63) is 33.4 Å². The number of nitrogens with one attached hydrogen (secondary N) is 1. The quantitative estimate of drug-likeness (QED) is 0.943. The topological polar surface area (TPSA) is 70.5 Å². The van der Waals surface area contributed by atoms with E-state index in [2.05, 4.69) is 37.8 Å². The Morgan fingerprint density at radius 3 is 2.68 bits per heavy atom. The van der Waals surface area contributed by atoms with Crippen molar-refractivity contribution in [2.24, 2.45) is 0 Å². The molecule has 2 aromatic heterocycles. The first kappa shape index (κ1) is 14.8. The second-order valence-corrected chi connectivity index (χ2v) is 6.94. The van der Waals surface area contributed by atoms with Crippen LogP contribution in [0.1, 0.15) is 62.3 Å². The molecule has 0 fully saturated rings. The lowest BCUT2D eigenvalue weighted by molar-refractivity contribution is 0.0772. The lowest BCUT2D eigenvalue weighted by Gasteiger charge is -2.15. The summed E-state index contributed by atoms with van der Waals surface area (Å²) in [6.45, 7) is 9.32. The van der Waals surface area contributed by atoms with Gasteiger partial charge in [-0.25, -0.2) is 9.50 Å². The van der Waals surface area contributed by atoms with E-state index in [4.69, 9.17) is 0 Å². The maximum absolute atomic E-state index is 12.6. The number of fused-ring (bicyclic) bond motifs is 2. The highest BCUT2D eigenvalue weighted by atomic mass is 16.2. The Hall–Kier alpha value is -2.11. The van der Waals surface area contributed by atoms with Gasteiger partial charge in [0, 0.05) is 23.7 Å². The van der Waals surface area contributed by atoms with Crippen LogP contribution in [-0.2, 0) is 12.0 Å². The number of unbranched alkanes of at least 4 members (excludes halogenated alkanes) is 1. The SMILES string of the molecule is CCCCN1Cc2c(nc3cc(C(C)(C)C)[nH]n3c2=O)C1=O. The van der Waals surface area contributed by atoms with E-state index in [0.717, 1.165) is 18.5 Å². The molecule has 2 aromatic rings. The highest BCUT2D eigenvalue weighted by Gasteiger charge is 2.32. The van der Waals surface area contributed by atoms with E-state index >= 15 is 0 Å². The summed E-state index contributed by atoms with van der Waals surface area (Å²) in [5.41, 5.74) is 1.99. The lowest BCUT2D eigenvalue weighted by Crippen LogP contribution is -2.25. The predicted molar refractivity (Wildman–Crippen MR) is 84.2 cm³/mol. The van der Waals surface area contributed by atoms with Crippen LogP contribution in [0.15, 0.2) is 10.9 Å². The van der Waals surface area contributed by atoms with Gasteiger partial charge in [0.25, 0.3) is 11.5 Å². The van der Waals surface area contributed by atoms with E-state index in [1.54, 1.807) is 4.90 Å². The molecule has 6 heteroatoms. The van der Waals surface area contributed by atoms with Crippen LogP contribution in [0.25, 0.3) is 5.65 Å². The molecular weight excluding hydrogens is 280 g/mol. The average Bonchev–Trinajstić information content (AvgIpc) is 3.00. The van der Waals surface area contributed by atoms with E-state index < -0.39 is 0 Å². The Morgan fingerprint density at radius 2 is 2.05 bits per heavy atom. The minimum Gasteiger partial charge on any atom is -0.333 e. The van der Waals surface area contributed by atoms with Gasteiger partial charge in [0.2, 0.25) is 0 Å². The molecule has 0 spiro atoms. The molecule has 3 rings (SSSR count). The Kier molecular flexibility index (Phi) is 3.34. The van der Waals surface area contributed by atoms with Crippen molar-refractivity contribution in [3.8, 4) is 0 Å². The summed E-state index contributed by atoms with van der Waals surface area (Å²) in [7, 11) is 0. The monoisotopic (exact) mass is 302 g/mol. The summed E-state index contributed by atoms with van der Waals surface area (Å²) < 4.78 is 1.45. The van der Waals surface area contributed by atoms with Crippen LogP contribution in [0.2, 0.25) is 0 Å². The molecule has 0 unspecified atom stereocenters. The number of amides is 1. The first-order valence-electron chi connectivity index (χ1n) is 7.77. The van der Waals surface area contributed by atoms with Crippen molar-refractivity contribution >= 4 is 11.6 Å². The van der Waals surface area contributed by atoms with Crippen LogP contribution in [0.4, 0.5) is 0 Å². The smallest absolute Gasteiger partial charge is 0.278 e. The molecule has 118 valence electrons. The van der Waals surface area contributed by atoms with Gasteiger partial charge in [0.15, 0.2) is 5.65 Å². The number of nitrogens with zero attached hydrogens (tertiary/aromatic N) is 3. The van der Waals surface area contributed by atoms with Crippen molar-refractivity contribution in [1.29, 1.82) is 0 Å². The zero-order chi connectivity index (χ0) is 16.1. The summed E-state index contributed by atoms with van der Waals surface area (Å²) in [6.07, 6.45) is 1.95. The molecular formula is C16H22N4O2. The molecule has 6 nitrogen and oxygen atoms in total. The molecule has 0 saturated heterocycles. The van der Waals surface area contributed by atoms with Crippen LogP contribution in [0.5, 0.6) is 0 Å². The molecule has 3 heterocycles. The molecule has 0 saturated carbocycles. The number of rotatable bonds is 3. The molecule has 22 heavy (non-hydrogen) atoms. The zero-order valence-electron chi connectivity index (χ0n) is 13.6. The van der Waals surface area contributed by atoms with Crippen molar-refractivity contribution in [1.82, 2.24) is 19.5 Å². The van der Waals surface area contributed by atoms with Gasteiger partial charge in [0.05, 0.1) is 12.1 Å². The number of hydrogen-bond acceptors (Lipinski definition) is 3. The van der Waals surface area contributed by atoms with Gasteiger partial charge < -0.3 is 4.90 Å². The fourth-order valence-electron chi connectivity index (χ4n) is 2.70. The van der Waals surface area contributed by atoms with Crippen LogP contribution >= 0.6 is 0 Å². The molecule has 1 aliphatic rings. The molecule has 0 aliphatic carbocycles. The minimum atomic E-state index is -0.164. The largest absolute Gasteiger partial charge is 0.333 e. The second kappa shape index (κ2) is 4.97. The third kappa shape index (κ3) is 2.23. The summed E-state index contributed by atoms with van der Waals surface area (Å²) in [5, 5.41) is 3.12. The molecule has 0 aromatic carbocycles. The standard InChI is InChI=1S/C16H22N4O2/c1-5-6-7-19-9-10-13(15(19)22)17-12-8-11(16(2,3)4)18-20(12)14(10)21/h8,18H,5-7,9H2,1-4H3. The van der Waals surface area contributed by atoms with E-state index in [0.29, 0.717) is 30.0 Å². The zero-order valence-corrected chi connectivity index (χ0v) is 13.6. The van der Waals surface area contributed by atoms with E-state index in [9.17, 15) is 9.59 Å². The van der Waals surface area contributed by atoms with Crippen LogP contribution in [-0.4, -0.2) is 31.9 Å². The van der Waals surface area contributed by atoms with Crippen molar-refractivity contribution in [2.45, 2.75) is 52.5 Å². The third-order valence-corrected chi connectivity index (χ3v) is 4.14. The van der Waals surface area contributed by atoms with E-state index in [1.807, 2.05) is 6.07 Å². The number of aromatic nitrogens is 3. The average molecular weight is 302 g/mol. The Bertz CT molecular complexity index is 795. The van der Waals surface area contributed by atoms with Gasteiger partial charge >= 0.3 is 0 Å². The van der Waals surface area contributed by atoms with Crippen molar-refractivity contribution < 1.29 is 4.79 Å². The highest BCUT2D eigenvalue weighted by Crippen LogP contribution is 2.23. The number of carbonyl (C=O) groups is 1. The van der Waals surface area contributed by atoms with Gasteiger partial charge in [-0.05, 0) is 6.42 Å².